The average Bonchev–Trinajstić information content (AvgIpc) is 2.51. The zero-order valence-electron chi connectivity index (χ0n) is 8.23. The molecule has 0 aliphatic heterocycles. The Hall–Kier alpha value is -1.26. The first-order valence-electron chi connectivity index (χ1n) is 4.29. The van der Waals surface area contributed by atoms with Crippen molar-refractivity contribution < 1.29 is 0 Å². The van der Waals surface area contributed by atoms with Gasteiger partial charge in [-0.15, -0.1) is 23.7 Å². The quantitative estimate of drug-likeness (QED) is 0.794. The Balaban J connectivity index is 0.00000112. The molecule has 3 nitrogen and oxygen atoms in total. The normalized spacial score (nSPS) is 9.40. The lowest BCUT2D eigenvalue weighted by Gasteiger charge is -2.02. The van der Waals surface area contributed by atoms with Gasteiger partial charge in [0.25, 0.3) is 0 Å². The van der Waals surface area contributed by atoms with Crippen LogP contribution in [-0.2, 0) is 0 Å². The van der Waals surface area contributed by atoms with Crippen LogP contribution in [0.1, 0.15) is 5.69 Å². The fourth-order valence-corrected chi connectivity index (χ4v) is 1.86. The molecule has 0 bridgehead atoms. The maximum atomic E-state index is 5.66. The van der Waals surface area contributed by atoms with Crippen molar-refractivity contribution in [1.29, 1.82) is 0 Å². The van der Waals surface area contributed by atoms with E-state index in [1.54, 1.807) is 11.3 Å². The number of halogens is 1. The van der Waals surface area contributed by atoms with E-state index in [2.05, 4.69) is 10.3 Å². The van der Waals surface area contributed by atoms with Crippen LogP contribution in [0, 0.1) is 6.92 Å². The molecule has 5 heteroatoms. The van der Waals surface area contributed by atoms with Crippen molar-refractivity contribution in [3.63, 3.8) is 0 Å². The fraction of sp³-hybridized carbons (Fsp3) is 0.100. The molecule has 1 aromatic heterocycles. The molecule has 1 heterocycles. The van der Waals surface area contributed by atoms with Crippen LogP contribution >= 0.6 is 23.7 Å². The van der Waals surface area contributed by atoms with Crippen molar-refractivity contribution in [3.05, 3.63) is 35.3 Å². The zero-order valence-corrected chi connectivity index (χ0v) is 9.86. The minimum Gasteiger partial charge on any atom is -0.399 e. The number of aryl methyl sites for hydroxylation is 1. The number of anilines is 3. The molecule has 0 spiro atoms. The second kappa shape index (κ2) is 5.00. The van der Waals surface area contributed by atoms with Gasteiger partial charge in [0.15, 0.2) is 5.13 Å². The first kappa shape index (κ1) is 11.8. The summed E-state index contributed by atoms with van der Waals surface area (Å²) in [6.07, 6.45) is 0. The summed E-state index contributed by atoms with van der Waals surface area (Å²) in [6, 6.07) is 7.63. The number of nitrogens with one attached hydrogen (secondary N) is 1. The molecular formula is C10H12ClN3S. The number of nitrogens with zero attached hydrogens (tertiary/aromatic N) is 1. The minimum atomic E-state index is 0. The SMILES string of the molecule is Cc1csc(Nc2cccc(N)c2)n1.Cl. The monoisotopic (exact) mass is 241 g/mol. The fourth-order valence-electron chi connectivity index (χ4n) is 1.15. The highest BCUT2D eigenvalue weighted by molar-refractivity contribution is 7.13. The van der Waals surface area contributed by atoms with E-state index >= 15 is 0 Å². The highest BCUT2D eigenvalue weighted by atomic mass is 35.5. The van der Waals surface area contributed by atoms with Crippen molar-refractivity contribution in [1.82, 2.24) is 4.98 Å². The van der Waals surface area contributed by atoms with Gasteiger partial charge >= 0.3 is 0 Å². The molecule has 0 aliphatic rings. The summed E-state index contributed by atoms with van der Waals surface area (Å²) in [5.41, 5.74) is 8.41. The van der Waals surface area contributed by atoms with E-state index in [-0.39, 0.29) is 12.4 Å². The summed E-state index contributed by atoms with van der Waals surface area (Å²) < 4.78 is 0. The molecule has 0 aliphatic carbocycles. The molecule has 0 fully saturated rings. The van der Waals surface area contributed by atoms with Crippen molar-refractivity contribution >= 4 is 40.3 Å². The number of benzene rings is 1. The van der Waals surface area contributed by atoms with Gasteiger partial charge < -0.3 is 11.1 Å². The predicted octanol–water partition coefficient (Wildman–Crippen LogP) is 3.20. The van der Waals surface area contributed by atoms with Gasteiger partial charge in [-0.05, 0) is 25.1 Å². The first-order chi connectivity index (χ1) is 6.74. The second-order valence-electron chi connectivity index (χ2n) is 3.04. The van der Waals surface area contributed by atoms with E-state index in [4.69, 9.17) is 5.73 Å². The summed E-state index contributed by atoms with van der Waals surface area (Å²) in [7, 11) is 0. The molecule has 0 unspecified atom stereocenters. The van der Waals surface area contributed by atoms with E-state index in [1.807, 2.05) is 36.6 Å². The summed E-state index contributed by atoms with van der Waals surface area (Å²) in [6.45, 7) is 1.97. The topological polar surface area (TPSA) is 50.9 Å². The standard InChI is InChI=1S/C10H11N3S.ClH/c1-7-6-14-10(12-7)13-9-4-2-3-8(11)5-9;/h2-6H,11H2,1H3,(H,12,13);1H. The van der Waals surface area contributed by atoms with Crippen LogP contribution in [0.3, 0.4) is 0 Å². The van der Waals surface area contributed by atoms with Crippen molar-refractivity contribution in [3.8, 4) is 0 Å². The van der Waals surface area contributed by atoms with Gasteiger partial charge in [-0.25, -0.2) is 4.98 Å². The third kappa shape index (κ3) is 3.11. The molecule has 0 amide bonds. The third-order valence-corrected chi connectivity index (χ3v) is 2.63. The molecule has 2 aromatic rings. The summed E-state index contributed by atoms with van der Waals surface area (Å²) in [5.74, 6) is 0. The van der Waals surface area contributed by atoms with Crippen LogP contribution < -0.4 is 11.1 Å². The van der Waals surface area contributed by atoms with E-state index < -0.39 is 0 Å². The smallest absolute Gasteiger partial charge is 0.187 e. The minimum absolute atomic E-state index is 0. The largest absolute Gasteiger partial charge is 0.399 e. The molecule has 3 N–H and O–H groups in total. The molecule has 80 valence electrons. The molecule has 1 aromatic carbocycles. The number of nitrogen functional groups attached to an aromatic ring is 1. The van der Waals surface area contributed by atoms with Crippen molar-refractivity contribution in [2.75, 3.05) is 11.1 Å². The number of hydrogen-bond acceptors (Lipinski definition) is 4. The Kier molecular flexibility index (Phi) is 3.94. The van der Waals surface area contributed by atoms with Crippen molar-refractivity contribution in [2.45, 2.75) is 6.92 Å². The van der Waals surface area contributed by atoms with Crippen LogP contribution in [-0.4, -0.2) is 4.98 Å². The van der Waals surface area contributed by atoms with E-state index in [9.17, 15) is 0 Å². The van der Waals surface area contributed by atoms with Crippen LogP contribution in [0.2, 0.25) is 0 Å². The zero-order chi connectivity index (χ0) is 9.97. The number of rotatable bonds is 2. The van der Waals surface area contributed by atoms with Gasteiger partial charge in [0, 0.05) is 16.8 Å². The molecule has 15 heavy (non-hydrogen) atoms. The van der Waals surface area contributed by atoms with Crippen LogP contribution in [0.25, 0.3) is 0 Å². The van der Waals surface area contributed by atoms with E-state index in [0.29, 0.717) is 0 Å². The Bertz CT molecular complexity index is 442. The van der Waals surface area contributed by atoms with Gasteiger partial charge in [0.2, 0.25) is 0 Å². The molecule has 0 saturated carbocycles. The Labute approximate surface area is 98.8 Å². The lowest BCUT2D eigenvalue weighted by molar-refractivity contribution is 1.26. The van der Waals surface area contributed by atoms with Gasteiger partial charge in [-0.1, -0.05) is 6.07 Å². The number of thiazole rings is 1. The van der Waals surface area contributed by atoms with Crippen molar-refractivity contribution in [2.24, 2.45) is 0 Å². The Morgan fingerprint density at radius 2 is 2.20 bits per heavy atom. The summed E-state index contributed by atoms with van der Waals surface area (Å²) >= 11 is 1.59. The molecular weight excluding hydrogens is 230 g/mol. The highest BCUT2D eigenvalue weighted by Gasteiger charge is 1.98. The lowest BCUT2D eigenvalue weighted by atomic mass is 10.3. The Morgan fingerprint density at radius 1 is 1.40 bits per heavy atom. The van der Waals surface area contributed by atoms with Gasteiger partial charge in [0.1, 0.15) is 0 Å². The number of aromatic nitrogens is 1. The number of hydrogen-bond donors (Lipinski definition) is 2. The molecule has 0 atom stereocenters. The van der Waals surface area contributed by atoms with Gasteiger partial charge in [0.05, 0.1) is 5.69 Å². The van der Waals surface area contributed by atoms with Gasteiger partial charge in [-0.2, -0.15) is 0 Å². The maximum Gasteiger partial charge on any atom is 0.187 e. The second-order valence-corrected chi connectivity index (χ2v) is 3.90. The van der Waals surface area contributed by atoms with Crippen LogP contribution in [0.5, 0.6) is 0 Å². The van der Waals surface area contributed by atoms with E-state index in [0.717, 1.165) is 22.2 Å². The lowest BCUT2D eigenvalue weighted by Crippen LogP contribution is -1.91. The molecule has 2 rings (SSSR count). The Morgan fingerprint density at radius 3 is 2.80 bits per heavy atom. The maximum absolute atomic E-state index is 5.66. The molecule has 0 radical (unpaired) electrons. The first-order valence-corrected chi connectivity index (χ1v) is 5.17. The van der Waals surface area contributed by atoms with Gasteiger partial charge in [-0.3, -0.25) is 0 Å². The van der Waals surface area contributed by atoms with Crippen LogP contribution in [0.4, 0.5) is 16.5 Å². The van der Waals surface area contributed by atoms with Crippen LogP contribution in [0.15, 0.2) is 29.6 Å². The highest BCUT2D eigenvalue weighted by Crippen LogP contribution is 2.21. The summed E-state index contributed by atoms with van der Waals surface area (Å²) in [4.78, 5) is 4.30. The predicted molar refractivity (Wildman–Crippen MR) is 68.2 cm³/mol. The third-order valence-electron chi connectivity index (χ3n) is 1.76. The van der Waals surface area contributed by atoms with E-state index in [1.165, 1.54) is 0 Å². The number of nitrogens with two attached hydrogens (primary N) is 1. The summed E-state index contributed by atoms with van der Waals surface area (Å²) in [5, 5.41) is 6.10. The molecule has 0 saturated heterocycles. The average molecular weight is 242 g/mol.